The summed E-state index contributed by atoms with van der Waals surface area (Å²) in [6.45, 7) is 5.55. The summed E-state index contributed by atoms with van der Waals surface area (Å²) in [5, 5.41) is 4.71. The number of benzene rings is 1. The average Bonchev–Trinajstić information content (AvgIpc) is 2.47. The lowest BCUT2D eigenvalue weighted by Crippen LogP contribution is -2.37. The Labute approximate surface area is 121 Å². The van der Waals surface area contributed by atoms with Crippen LogP contribution in [-0.4, -0.2) is 31.7 Å². The predicted molar refractivity (Wildman–Crippen MR) is 85.3 cm³/mol. The van der Waals surface area contributed by atoms with Gasteiger partial charge in [-0.1, -0.05) is 18.2 Å². The lowest BCUT2D eigenvalue weighted by Gasteiger charge is -2.29. The topological polar surface area (TPSA) is 28.2 Å². The van der Waals surface area contributed by atoms with E-state index >= 15 is 0 Å². The van der Waals surface area contributed by atoms with Crippen LogP contribution in [0.15, 0.2) is 30.3 Å². The first-order valence-corrected chi connectivity index (χ1v) is 7.52. The first-order chi connectivity index (χ1) is 9.74. The molecule has 1 atom stereocenters. The number of nitrogens with zero attached hydrogens (tertiary/aromatic N) is 2. The summed E-state index contributed by atoms with van der Waals surface area (Å²) in [5.74, 6) is 1.86. The molecule has 0 bridgehead atoms. The van der Waals surface area contributed by atoms with Crippen LogP contribution >= 0.6 is 0 Å². The molecule has 3 rings (SSSR count). The number of nitrogens with one attached hydrogen (secondary N) is 1. The Kier molecular flexibility index (Phi) is 3.88. The van der Waals surface area contributed by atoms with E-state index in [2.05, 4.69) is 54.5 Å². The Hall–Kier alpha value is -1.61. The molecule has 20 heavy (non-hydrogen) atoms. The summed E-state index contributed by atoms with van der Waals surface area (Å²) in [4.78, 5) is 7.16. The van der Waals surface area contributed by atoms with Crippen LogP contribution in [0.5, 0.6) is 0 Å². The molecular formula is C17H23N3. The molecule has 1 aromatic carbocycles. The molecule has 2 heterocycles. The molecule has 106 valence electrons. The summed E-state index contributed by atoms with van der Waals surface area (Å²) in [7, 11) is 2.17. The van der Waals surface area contributed by atoms with Crippen LogP contribution in [0.3, 0.4) is 0 Å². The van der Waals surface area contributed by atoms with Gasteiger partial charge < -0.3 is 10.2 Å². The molecule has 1 fully saturated rings. The van der Waals surface area contributed by atoms with Gasteiger partial charge in [0.1, 0.15) is 5.82 Å². The first kappa shape index (κ1) is 13.4. The number of rotatable bonds is 3. The summed E-state index contributed by atoms with van der Waals surface area (Å²) in [6.07, 6.45) is 2.62. The Morgan fingerprint density at radius 2 is 2.20 bits per heavy atom. The van der Waals surface area contributed by atoms with E-state index in [0.29, 0.717) is 0 Å². The van der Waals surface area contributed by atoms with Crippen LogP contribution in [0.4, 0.5) is 5.82 Å². The van der Waals surface area contributed by atoms with Crippen molar-refractivity contribution in [3.05, 3.63) is 35.9 Å². The summed E-state index contributed by atoms with van der Waals surface area (Å²) in [6, 6.07) is 10.6. The molecule has 0 spiro atoms. The maximum absolute atomic E-state index is 4.85. The van der Waals surface area contributed by atoms with Crippen molar-refractivity contribution in [2.75, 3.05) is 31.6 Å². The second-order valence-electron chi connectivity index (χ2n) is 5.91. The van der Waals surface area contributed by atoms with Gasteiger partial charge in [-0.15, -0.1) is 0 Å². The van der Waals surface area contributed by atoms with Gasteiger partial charge in [-0.3, -0.25) is 0 Å². The van der Waals surface area contributed by atoms with Crippen molar-refractivity contribution < 1.29 is 0 Å². The molecule has 1 aromatic heterocycles. The van der Waals surface area contributed by atoms with Crippen LogP contribution in [0.1, 0.15) is 18.4 Å². The zero-order valence-electron chi connectivity index (χ0n) is 12.4. The molecule has 0 saturated carbocycles. The molecular weight excluding hydrogens is 246 g/mol. The highest BCUT2D eigenvalue weighted by Crippen LogP contribution is 2.23. The van der Waals surface area contributed by atoms with Crippen molar-refractivity contribution in [2.24, 2.45) is 5.92 Å². The lowest BCUT2D eigenvalue weighted by molar-refractivity contribution is 0.380. The van der Waals surface area contributed by atoms with E-state index in [4.69, 9.17) is 4.98 Å². The number of aryl methyl sites for hydroxylation is 1. The zero-order valence-corrected chi connectivity index (χ0v) is 12.4. The largest absolute Gasteiger partial charge is 0.359 e. The maximum atomic E-state index is 4.85. The van der Waals surface area contributed by atoms with Crippen LogP contribution in [0.25, 0.3) is 10.9 Å². The second kappa shape index (κ2) is 5.80. The molecule has 3 nitrogen and oxygen atoms in total. The number of hydrogen-bond donors (Lipinski definition) is 1. The van der Waals surface area contributed by atoms with E-state index < -0.39 is 0 Å². The van der Waals surface area contributed by atoms with Crippen molar-refractivity contribution in [2.45, 2.75) is 19.8 Å². The van der Waals surface area contributed by atoms with Crippen LogP contribution < -0.4 is 10.2 Å². The third-order valence-corrected chi connectivity index (χ3v) is 4.18. The molecule has 3 heteroatoms. The van der Waals surface area contributed by atoms with E-state index in [9.17, 15) is 0 Å². The van der Waals surface area contributed by atoms with E-state index in [0.717, 1.165) is 30.3 Å². The Balaban J connectivity index is 1.82. The Bertz CT molecular complexity index is 588. The molecule has 1 N–H and O–H groups in total. The van der Waals surface area contributed by atoms with Gasteiger partial charge in [-0.05, 0) is 56.5 Å². The normalized spacial score (nSPS) is 19.2. The van der Waals surface area contributed by atoms with Gasteiger partial charge in [-0.25, -0.2) is 4.98 Å². The third kappa shape index (κ3) is 2.78. The van der Waals surface area contributed by atoms with Crippen LogP contribution in [0.2, 0.25) is 0 Å². The van der Waals surface area contributed by atoms with Crippen molar-refractivity contribution in [1.29, 1.82) is 0 Å². The summed E-state index contributed by atoms with van der Waals surface area (Å²) in [5.41, 5.74) is 2.34. The summed E-state index contributed by atoms with van der Waals surface area (Å²) < 4.78 is 0. The van der Waals surface area contributed by atoms with E-state index in [-0.39, 0.29) is 0 Å². The first-order valence-electron chi connectivity index (χ1n) is 7.52. The zero-order chi connectivity index (χ0) is 13.9. The minimum atomic E-state index is 0.737. The van der Waals surface area contributed by atoms with Gasteiger partial charge in [-0.2, -0.15) is 0 Å². The molecule has 1 aliphatic heterocycles. The number of para-hydroxylation sites is 1. The monoisotopic (exact) mass is 269 g/mol. The standard InChI is InChI=1S/C17H23N3/c1-13-10-15-7-3-4-8-16(15)19-17(13)20(2)12-14-6-5-9-18-11-14/h3-4,7-8,10,14,18H,5-6,9,11-12H2,1-2H3. The van der Waals surface area contributed by atoms with E-state index in [1.807, 2.05) is 0 Å². The SMILES string of the molecule is Cc1cc2ccccc2nc1N(C)CC1CCCNC1. The van der Waals surface area contributed by atoms with E-state index in [1.165, 1.54) is 30.3 Å². The fraction of sp³-hybridized carbons (Fsp3) is 0.471. The number of aromatic nitrogens is 1. The molecule has 0 aliphatic carbocycles. The minimum absolute atomic E-state index is 0.737. The fourth-order valence-electron chi connectivity index (χ4n) is 3.15. The maximum Gasteiger partial charge on any atom is 0.131 e. The average molecular weight is 269 g/mol. The molecule has 0 amide bonds. The van der Waals surface area contributed by atoms with Crippen LogP contribution in [-0.2, 0) is 0 Å². The lowest BCUT2D eigenvalue weighted by atomic mass is 9.99. The molecule has 1 aliphatic rings. The van der Waals surface area contributed by atoms with Crippen molar-refractivity contribution in [3.63, 3.8) is 0 Å². The summed E-state index contributed by atoms with van der Waals surface area (Å²) >= 11 is 0. The highest BCUT2D eigenvalue weighted by atomic mass is 15.2. The second-order valence-corrected chi connectivity index (χ2v) is 5.91. The van der Waals surface area contributed by atoms with Crippen molar-refractivity contribution >= 4 is 16.7 Å². The number of hydrogen-bond acceptors (Lipinski definition) is 3. The van der Waals surface area contributed by atoms with Crippen LogP contribution in [0, 0.1) is 12.8 Å². The Morgan fingerprint density at radius 1 is 1.35 bits per heavy atom. The number of pyridine rings is 1. The van der Waals surface area contributed by atoms with Gasteiger partial charge in [0.25, 0.3) is 0 Å². The van der Waals surface area contributed by atoms with Gasteiger partial charge in [0, 0.05) is 19.0 Å². The highest BCUT2D eigenvalue weighted by molar-refractivity contribution is 5.81. The number of piperidine rings is 1. The molecule has 1 saturated heterocycles. The van der Waals surface area contributed by atoms with Crippen molar-refractivity contribution in [3.8, 4) is 0 Å². The van der Waals surface area contributed by atoms with E-state index in [1.54, 1.807) is 0 Å². The van der Waals surface area contributed by atoms with Gasteiger partial charge in [0.2, 0.25) is 0 Å². The fourth-order valence-corrected chi connectivity index (χ4v) is 3.15. The van der Waals surface area contributed by atoms with Gasteiger partial charge >= 0.3 is 0 Å². The Morgan fingerprint density at radius 3 is 3.00 bits per heavy atom. The highest BCUT2D eigenvalue weighted by Gasteiger charge is 2.17. The van der Waals surface area contributed by atoms with Crippen molar-refractivity contribution in [1.82, 2.24) is 10.3 Å². The quantitative estimate of drug-likeness (QED) is 0.928. The number of fused-ring (bicyclic) bond motifs is 1. The smallest absolute Gasteiger partial charge is 0.131 e. The van der Waals surface area contributed by atoms with Gasteiger partial charge in [0.05, 0.1) is 5.52 Å². The number of anilines is 1. The van der Waals surface area contributed by atoms with Gasteiger partial charge in [0.15, 0.2) is 0 Å². The predicted octanol–water partition coefficient (Wildman–Crippen LogP) is 2.98. The minimum Gasteiger partial charge on any atom is -0.359 e. The third-order valence-electron chi connectivity index (χ3n) is 4.18. The molecule has 0 radical (unpaired) electrons. The molecule has 1 unspecified atom stereocenters. The molecule has 2 aromatic rings.